The molecule has 0 saturated heterocycles. The largest absolute Gasteiger partial charge is 0.395 e. The lowest BCUT2D eigenvalue weighted by Crippen LogP contribution is -2.39. The van der Waals surface area contributed by atoms with Crippen LogP contribution in [0.3, 0.4) is 0 Å². The van der Waals surface area contributed by atoms with Crippen LogP contribution in [0, 0.1) is 0 Å². The van der Waals surface area contributed by atoms with Crippen molar-refractivity contribution >= 4 is 5.69 Å². The topological polar surface area (TPSA) is 62.4 Å². The second kappa shape index (κ2) is 7.60. The van der Waals surface area contributed by atoms with Crippen LogP contribution < -0.4 is 10.6 Å². The SMILES string of the molecule is CC[C@H](N)c1ccc(N(CCO)C2CCCCC2)cn1. The predicted octanol–water partition coefficient (Wildman–Crippen LogP) is 2.62. The van der Waals surface area contributed by atoms with Gasteiger partial charge in [-0.2, -0.15) is 0 Å². The van der Waals surface area contributed by atoms with Crippen molar-refractivity contribution in [1.82, 2.24) is 4.98 Å². The van der Waals surface area contributed by atoms with E-state index < -0.39 is 0 Å². The summed E-state index contributed by atoms with van der Waals surface area (Å²) in [7, 11) is 0. The summed E-state index contributed by atoms with van der Waals surface area (Å²) < 4.78 is 0. The minimum absolute atomic E-state index is 0.0185. The van der Waals surface area contributed by atoms with E-state index in [4.69, 9.17) is 5.73 Å². The molecule has 0 bridgehead atoms. The molecule has 0 amide bonds. The predicted molar refractivity (Wildman–Crippen MR) is 82.8 cm³/mol. The standard InChI is InChI=1S/C16H27N3O/c1-2-15(17)16-9-8-14(12-18-16)19(10-11-20)13-6-4-3-5-7-13/h8-9,12-13,15,20H,2-7,10-11,17H2,1H3/t15-/m0/s1. The van der Waals surface area contributed by atoms with E-state index in [9.17, 15) is 5.11 Å². The molecule has 1 fully saturated rings. The second-order valence-corrected chi connectivity index (χ2v) is 5.66. The molecule has 1 aromatic rings. The lowest BCUT2D eigenvalue weighted by atomic mass is 9.94. The van der Waals surface area contributed by atoms with Crippen LogP contribution >= 0.6 is 0 Å². The fourth-order valence-corrected chi connectivity index (χ4v) is 3.02. The minimum atomic E-state index is 0.0185. The number of rotatable bonds is 6. The molecule has 0 radical (unpaired) electrons. The van der Waals surface area contributed by atoms with Crippen molar-refractivity contribution in [3.05, 3.63) is 24.0 Å². The maximum Gasteiger partial charge on any atom is 0.0606 e. The summed E-state index contributed by atoms with van der Waals surface area (Å²) >= 11 is 0. The van der Waals surface area contributed by atoms with Gasteiger partial charge in [0.05, 0.1) is 24.2 Å². The molecular weight excluding hydrogens is 250 g/mol. The summed E-state index contributed by atoms with van der Waals surface area (Å²) in [5.41, 5.74) is 8.06. The van der Waals surface area contributed by atoms with Crippen molar-refractivity contribution in [2.45, 2.75) is 57.5 Å². The third-order valence-electron chi connectivity index (χ3n) is 4.28. The molecule has 1 aliphatic rings. The summed E-state index contributed by atoms with van der Waals surface area (Å²) in [4.78, 5) is 6.81. The molecule has 0 aliphatic heterocycles. The highest BCUT2D eigenvalue weighted by Gasteiger charge is 2.21. The summed E-state index contributed by atoms with van der Waals surface area (Å²) in [6.07, 6.45) is 9.17. The smallest absolute Gasteiger partial charge is 0.0606 e. The summed E-state index contributed by atoms with van der Waals surface area (Å²) in [6, 6.07) is 4.69. The highest BCUT2D eigenvalue weighted by Crippen LogP contribution is 2.27. The monoisotopic (exact) mass is 277 g/mol. The summed E-state index contributed by atoms with van der Waals surface area (Å²) in [5, 5.41) is 9.33. The average Bonchev–Trinajstić information content (AvgIpc) is 2.53. The van der Waals surface area contributed by atoms with Crippen molar-refractivity contribution in [2.24, 2.45) is 5.73 Å². The molecule has 1 aromatic heterocycles. The molecule has 2 rings (SSSR count). The Morgan fingerprint density at radius 2 is 2.10 bits per heavy atom. The first kappa shape index (κ1) is 15.3. The molecular formula is C16H27N3O. The van der Waals surface area contributed by atoms with Gasteiger partial charge in [-0.1, -0.05) is 26.2 Å². The average molecular weight is 277 g/mol. The second-order valence-electron chi connectivity index (χ2n) is 5.66. The number of pyridine rings is 1. The summed E-state index contributed by atoms with van der Waals surface area (Å²) in [6.45, 7) is 2.94. The number of hydrogen-bond donors (Lipinski definition) is 2. The van der Waals surface area contributed by atoms with E-state index in [2.05, 4.69) is 22.9 Å². The van der Waals surface area contributed by atoms with Gasteiger partial charge in [-0.25, -0.2) is 0 Å². The summed E-state index contributed by atoms with van der Waals surface area (Å²) in [5.74, 6) is 0. The van der Waals surface area contributed by atoms with E-state index in [1.165, 1.54) is 32.1 Å². The van der Waals surface area contributed by atoms with Gasteiger partial charge in [-0.05, 0) is 31.4 Å². The minimum Gasteiger partial charge on any atom is -0.395 e. The number of aliphatic hydroxyl groups excluding tert-OH is 1. The molecule has 0 unspecified atom stereocenters. The van der Waals surface area contributed by atoms with Crippen LogP contribution in [0.1, 0.15) is 57.2 Å². The van der Waals surface area contributed by atoms with Gasteiger partial charge in [-0.3, -0.25) is 4.98 Å². The number of nitrogens with two attached hydrogens (primary N) is 1. The Kier molecular flexibility index (Phi) is 5.80. The fraction of sp³-hybridized carbons (Fsp3) is 0.688. The van der Waals surface area contributed by atoms with Gasteiger partial charge < -0.3 is 15.7 Å². The van der Waals surface area contributed by atoms with E-state index in [0.29, 0.717) is 12.6 Å². The van der Waals surface area contributed by atoms with Gasteiger partial charge in [0.25, 0.3) is 0 Å². The van der Waals surface area contributed by atoms with Crippen molar-refractivity contribution < 1.29 is 5.11 Å². The van der Waals surface area contributed by atoms with Crippen LogP contribution in [-0.2, 0) is 0 Å². The number of nitrogens with zero attached hydrogens (tertiary/aromatic N) is 2. The molecule has 1 aliphatic carbocycles. The van der Waals surface area contributed by atoms with Crippen LogP contribution in [0.15, 0.2) is 18.3 Å². The molecule has 0 aromatic carbocycles. The van der Waals surface area contributed by atoms with Crippen molar-refractivity contribution in [1.29, 1.82) is 0 Å². The van der Waals surface area contributed by atoms with Crippen LogP contribution in [-0.4, -0.2) is 29.3 Å². The molecule has 1 atom stereocenters. The van der Waals surface area contributed by atoms with Gasteiger partial charge in [0.1, 0.15) is 0 Å². The van der Waals surface area contributed by atoms with E-state index in [-0.39, 0.29) is 12.6 Å². The number of anilines is 1. The molecule has 0 spiro atoms. The Morgan fingerprint density at radius 3 is 2.65 bits per heavy atom. The van der Waals surface area contributed by atoms with E-state index in [1.54, 1.807) is 0 Å². The third kappa shape index (κ3) is 3.70. The van der Waals surface area contributed by atoms with Crippen LogP contribution in [0.25, 0.3) is 0 Å². The number of hydrogen-bond acceptors (Lipinski definition) is 4. The first-order valence-corrected chi connectivity index (χ1v) is 7.85. The molecule has 112 valence electrons. The number of aromatic nitrogens is 1. The van der Waals surface area contributed by atoms with Crippen LogP contribution in [0.4, 0.5) is 5.69 Å². The molecule has 1 heterocycles. The zero-order valence-electron chi connectivity index (χ0n) is 12.5. The molecule has 4 heteroatoms. The van der Waals surface area contributed by atoms with Crippen molar-refractivity contribution in [3.63, 3.8) is 0 Å². The normalized spacial score (nSPS) is 17.9. The Morgan fingerprint density at radius 1 is 1.35 bits per heavy atom. The van der Waals surface area contributed by atoms with Gasteiger partial charge >= 0.3 is 0 Å². The third-order valence-corrected chi connectivity index (χ3v) is 4.28. The van der Waals surface area contributed by atoms with Crippen molar-refractivity contribution in [2.75, 3.05) is 18.1 Å². The quantitative estimate of drug-likeness (QED) is 0.839. The van der Waals surface area contributed by atoms with Gasteiger partial charge in [0, 0.05) is 18.6 Å². The Hall–Kier alpha value is -1.13. The van der Waals surface area contributed by atoms with Crippen molar-refractivity contribution in [3.8, 4) is 0 Å². The van der Waals surface area contributed by atoms with Gasteiger partial charge in [0.2, 0.25) is 0 Å². The maximum atomic E-state index is 9.33. The molecule has 1 saturated carbocycles. The zero-order valence-corrected chi connectivity index (χ0v) is 12.5. The highest BCUT2D eigenvalue weighted by atomic mass is 16.3. The highest BCUT2D eigenvalue weighted by molar-refractivity contribution is 5.46. The number of aliphatic hydroxyl groups is 1. The van der Waals surface area contributed by atoms with E-state index in [1.807, 2.05) is 12.3 Å². The van der Waals surface area contributed by atoms with Crippen LogP contribution in [0.5, 0.6) is 0 Å². The first-order chi connectivity index (χ1) is 9.76. The van der Waals surface area contributed by atoms with Crippen LogP contribution in [0.2, 0.25) is 0 Å². The Balaban J connectivity index is 2.11. The Labute approximate surface area is 122 Å². The van der Waals surface area contributed by atoms with Gasteiger partial charge in [0.15, 0.2) is 0 Å². The molecule has 4 nitrogen and oxygen atoms in total. The molecule has 3 N–H and O–H groups in total. The van der Waals surface area contributed by atoms with Gasteiger partial charge in [-0.15, -0.1) is 0 Å². The van der Waals surface area contributed by atoms with E-state index in [0.717, 1.165) is 17.8 Å². The maximum absolute atomic E-state index is 9.33. The Bertz CT molecular complexity index is 387. The first-order valence-electron chi connectivity index (χ1n) is 7.85. The lowest BCUT2D eigenvalue weighted by Gasteiger charge is -2.35. The molecule has 20 heavy (non-hydrogen) atoms. The lowest BCUT2D eigenvalue weighted by molar-refractivity contribution is 0.290. The fourth-order valence-electron chi connectivity index (χ4n) is 3.02. The van der Waals surface area contributed by atoms with E-state index >= 15 is 0 Å². The zero-order chi connectivity index (χ0) is 14.4.